The van der Waals surface area contributed by atoms with E-state index in [0.29, 0.717) is 21.6 Å². The minimum absolute atomic E-state index is 0.0314. The highest BCUT2D eigenvalue weighted by Crippen LogP contribution is 2.26. The van der Waals surface area contributed by atoms with E-state index in [4.69, 9.17) is 9.72 Å². The van der Waals surface area contributed by atoms with Crippen LogP contribution in [0.3, 0.4) is 0 Å². The number of thiophene rings is 1. The minimum Gasteiger partial charge on any atom is -0.452 e. The first-order valence-corrected chi connectivity index (χ1v) is 10.8. The summed E-state index contributed by atoms with van der Waals surface area (Å²) in [6, 6.07) is 14.4. The summed E-state index contributed by atoms with van der Waals surface area (Å²) in [7, 11) is 0. The van der Waals surface area contributed by atoms with Crippen LogP contribution in [0.2, 0.25) is 0 Å². The quantitative estimate of drug-likeness (QED) is 0.450. The normalized spacial score (nSPS) is 11.0. The third-order valence-electron chi connectivity index (χ3n) is 4.68. The second-order valence-corrected chi connectivity index (χ2v) is 8.22. The van der Waals surface area contributed by atoms with Gasteiger partial charge in [-0.05, 0) is 31.4 Å². The van der Waals surface area contributed by atoms with Gasteiger partial charge in [-0.2, -0.15) is 5.10 Å². The van der Waals surface area contributed by atoms with Crippen LogP contribution in [0.5, 0.6) is 0 Å². The Morgan fingerprint density at radius 2 is 1.91 bits per heavy atom. The maximum Gasteiger partial charge on any atom is 0.339 e. The highest BCUT2D eigenvalue weighted by atomic mass is 32.1. The van der Waals surface area contributed by atoms with Crippen LogP contribution >= 0.6 is 11.3 Å². The number of carbonyl (C=O) groups is 3. The molecule has 32 heavy (non-hydrogen) atoms. The number of amides is 2. The molecule has 3 heterocycles. The summed E-state index contributed by atoms with van der Waals surface area (Å²) in [6.45, 7) is 3.35. The fourth-order valence-corrected chi connectivity index (χ4v) is 3.78. The molecule has 4 aromatic rings. The molecule has 0 saturated carbocycles. The number of hydrogen-bond acceptors (Lipinski definition) is 7. The van der Waals surface area contributed by atoms with Crippen LogP contribution in [0.1, 0.15) is 39.9 Å². The van der Waals surface area contributed by atoms with Crippen molar-refractivity contribution in [3.8, 4) is 11.3 Å². The Bertz CT molecular complexity index is 1280. The number of rotatable bonds is 6. The fraction of sp³-hybridized carbons (Fsp3) is 0.174. The molecule has 8 nitrogen and oxygen atoms in total. The van der Waals surface area contributed by atoms with Crippen LogP contribution in [0, 0.1) is 0 Å². The van der Waals surface area contributed by atoms with Gasteiger partial charge in [0.05, 0.1) is 27.7 Å². The van der Waals surface area contributed by atoms with E-state index in [1.165, 1.54) is 11.3 Å². The van der Waals surface area contributed by atoms with Crippen LogP contribution in [-0.2, 0) is 9.53 Å². The van der Waals surface area contributed by atoms with Gasteiger partial charge in [0.2, 0.25) is 0 Å². The predicted octanol–water partition coefficient (Wildman–Crippen LogP) is 3.85. The molecule has 0 fully saturated rings. The summed E-state index contributed by atoms with van der Waals surface area (Å²) < 4.78 is 6.94. The van der Waals surface area contributed by atoms with Crippen molar-refractivity contribution in [2.75, 3.05) is 6.61 Å². The van der Waals surface area contributed by atoms with Crippen molar-refractivity contribution in [1.29, 1.82) is 0 Å². The highest BCUT2D eigenvalue weighted by Gasteiger charge is 2.21. The maximum atomic E-state index is 12.9. The molecule has 0 unspecified atom stereocenters. The number of nitrogens with one attached hydrogen (secondary N) is 1. The van der Waals surface area contributed by atoms with Gasteiger partial charge in [-0.25, -0.2) is 14.5 Å². The number of fused-ring (bicyclic) bond motifs is 1. The van der Waals surface area contributed by atoms with Gasteiger partial charge in [-0.15, -0.1) is 11.3 Å². The Labute approximate surface area is 187 Å². The maximum absolute atomic E-state index is 12.9. The minimum atomic E-state index is -0.705. The monoisotopic (exact) mass is 448 g/mol. The Balaban J connectivity index is 1.59. The number of ether oxygens (including phenoxy) is 1. The van der Waals surface area contributed by atoms with Crippen LogP contribution in [0.15, 0.2) is 60.1 Å². The van der Waals surface area contributed by atoms with Crippen molar-refractivity contribution in [1.82, 2.24) is 20.1 Å². The molecule has 2 amide bonds. The molecular formula is C23H20N4O4S. The summed E-state index contributed by atoms with van der Waals surface area (Å²) >= 11 is 1.21. The lowest BCUT2D eigenvalue weighted by Crippen LogP contribution is -2.33. The molecule has 0 spiro atoms. The van der Waals surface area contributed by atoms with E-state index in [0.717, 1.165) is 5.56 Å². The van der Waals surface area contributed by atoms with E-state index in [2.05, 4.69) is 10.4 Å². The van der Waals surface area contributed by atoms with E-state index in [1.807, 2.05) is 44.2 Å². The second kappa shape index (κ2) is 9.11. The molecule has 4 rings (SSSR count). The van der Waals surface area contributed by atoms with Crippen molar-refractivity contribution in [3.05, 3.63) is 70.5 Å². The first-order valence-electron chi connectivity index (χ1n) is 9.92. The van der Waals surface area contributed by atoms with E-state index in [1.54, 1.807) is 34.5 Å². The predicted molar refractivity (Wildman–Crippen MR) is 120 cm³/mol. The summed E-state index contributed by atoms with van der Waals surface area (Å²) in [4.78, 5) is 42.1. The van der Waals surface area contributed by atoms with Gasteiger partial charge in [0, 0.05) is 11.6 Å². The number of imide groups is 1. The molecule has 0 aliphatic carbocycles. The third kappa shape index (κ3) is 4.42. The lowest BCUT2D eigenvalue weighted by molar-refractivity contribution is -0.123. The van der Waals surface area contributed by atoms with Crippen molar-refractivity contribution in [2.24, 2.45) is 0 Å². The number of aromatic nitrogens is 3. The summed E-state index contributed by atoms with van der Waals surface area (Å²) in [5, 5.41) is 8.83. The highest BCUT2D eigenvalue weighted by molar-refractivity contribution is 7.12. The van der Waals surface area contributed by atoms with Gasteiger partial charge < -0.3 is 4.74 Å². The Hall–Kier alpha value is -3.85. The molecule has 0 aliphatic rings. The molecule has 9 heteroatoms. The fourth-order valence-electron chi connectivity index (χ4n) is 3.16. The molecular weight excluding hydrogens is 428 g/mol. The second-order valence-electron chi connectivity index (χ2n) is 7.27. The number of carbonyl (C=O) groups excluding carboxylic acids is 3. The lowest BCUT2D eigenvalue weighted by Gasteiger charge is -2.11. The lowest BCUT2D eigenvalue weighted by atomic mass is 10.1. The first kappa shape index (κ1) is 21.4. The average molecular weight is 449 g/mol. The van der Waals surface area contributed by atoms with Crippen LogP contribution in [0.25, 0.3) is 22.3 Å². The van der Waals surface area contributed by atoms with Gasteiger partial charge in [0.25, 0.3) is 11.8 Å². The van der Waals surface area contributed by atoms with E-state index in [-0.39, 0.29) is 11.6 Å². The van der Waals surface area contributed by atoms with Crippen molar-refractivity contribution < 1.29 is 19.1 Å². The molecule has 0 bridgehead atoms. The molecule has 0 saturated heterocycles. The summed E-state index contributed by atoms with van der Waals surface area (Å²) in [5.41, 5.74) is 2.22. The zero-order chi connectivity index (χ0) is 22.7. The molecule has 0 aliphatic heterocycles. The molecule has 162 valence electrons. The van der Waals surface area contributed by atoms with Crippen molar-refractivity contribution >= 4 is 40.2 Å². The zero-order valence-corrected chi connectivity index (χ0v) is 18.3. The smallest absolute Gasteiger partial charge is 0.339 e. The first-order chi connectivity index (χ1) is 15.4. The molecule has 0 radical (unpaired) electrons. The van der Waals surface area contributed by atoms with Crippen LogP contribution in [0.4, 0.5) is 0 Å². The third-order valence-corrected chi connectivity index (χ3v) is 5.55. The number of pyridine rings is 1. The van der Waals surface area contributed by atoms with Crippen LogP contribution < -0.4 is 5.32 Å². The number of hydrogen-bond donors (Lipinski definition) is 1. The molecule has 1 aromatic carbocycles. The number of esters is 1. The number of nitrogens with zero attached hydrogens (tertiary/aromatic N) is 3. The Morgan fingerprint density at radius 1 is 1.12 bits per heavy atom. The van der Waals surface area contributed by atoms with Gasteiger partial charge in [0.1, 0.15) is 0 Å². The molecule has 1 N–H and O–H groups in total. The van der Waals surface area contributed by atoms with Crippen LogP contribution in [-0.4, -0.2) is 39.2 Å². The number of benzene rings is 1. The van der Waals surface area contributed by atoms with Gasteiger partial charge >= 0.3 is 5.97 Å². The zero-order valence-electron chi connectivity index (χ0n) is 17.4. The van der Waals surface area contributed by atoms with Crippen molar-refractivity contribution in [2.45, 2.75) is 19.9 Å². The Morgan fingerprint density at radius 3 is 2.59 bits per heavy atom. The van der Waals surface area contributed by atoms with E-state index >= 15 is 0 Å². The standard InChI is InChI=1S/C23H20N4O4S/c1-14(2)27-21-17(12-24-27)16(11-18(25-21)15-7-4-3-5-8-15)23(30)31-13-20(28)26-22(29)19-9-6-10-32-19/h3-12,14H,13H2,1-2H3,(H,26,28,29). The summed E-state index contributed by atoms with van der Waals surface area (Å²) in [5.74, 6) is -1.93. The van der Waals surface area contributed by atoms with Crippen molar-refractivity contribution in [3.63, 3.8) is 0 Å². The van der Waals surface area contributed by atoms with Gasteiger partial charge in [-0.3, -0.25) is 14.9 Å². The van der Waals surface area contributed by atoms with Gasteiger partial charge in [0.15, 0.2) is 12.3 Å². The Kier molecular flexibility index (Phi) is 6.09. The molecule has 0 atom stereocenters. The van der Waals surface area contributed by atoms with E-state index in [9.17, 15) is 14.4 Å². The van der Waals surface area contributed by atoms with E-state index < -0.39 is 24.4 Å². The topological polar surface area (TPSA) is 103 Å². The molecule has 3 aromatic heterocycles. The van der Waals surface area contributed by atoms with Gasteiger partial charge in [-0.1, -0.05) is 36.4 Å². The SMILES string of the molecule is CC(C)n1ncc2c(C(=O)OCC(=O)NC(=O)c3cccs3)cc(-c3ccccc3)nc21. The summed E-state index contributed by atoms with van der Waals surface area (Å²) in [6.07, 6.45) is 1.56. The largest absolute Gasteiger partial charge is 0.452 e. The average Bonchev–Trinajstić information content (AvgIpc) is 3.47.